The molecule has 0 radical (unpaired) electrons. The van der Waals surface area contributed by atoms with Gasteiger partial charge in [0.25, 0.3) is 5.91 Å². The summed E-state index contributed by atoms with van der Waals surface area (Å²) in [4.78, 5) is 32.1. The van der Waals surface area contributed by atoms with E-state index in [1.54, 1.807) is 37.3 Å². The van der Waals surface area contributed by atoms with E-state index in [-0.39, 0.29) is 11.9 Å². The van der Waals surface area contributed by atoms with Crippen molar-refractivity contribution in [2.75, 3.05) is 16.5 Å². The molecule has 0 unspecified atom stereocenters. The van der Waals surface area contributed by atoms with Crippen LogP contribution >= 0.6 is 15.9 Å². The number of anilines is 3. The van der Waals surface area contributed by atoms with Gasteiger partial charge in [-0.1, -0.05) is 28.1 Å². The summed E-state index contributed by atoms with van der Waals surface area (Å²) in [6.45, 7) is 2.14. The number of nitrogens with zero attached hydrogens (tertiary/aromatic N) is 2. The lowest BCUT2D eigenvalue weighted by molar-refractivity contribution is 0.0951. The quantitative estimate of drug-likeness (QED) is 0.352. The highest BCUT2D eigenvalue weighted by Crippen LogP contribution is 2.12. The van der Waals surface area contributed by atoms with Crippen LogP contribution in [0.25, 0.3) is 0 Å². The van der Waals surface area contributed by atoms with E-state index < -0.39 is 6.03 Å². The minimum atomic E-state index is -0.471. The van der Waals surface area contributed by atoms with Crippen LogP contribution in [0, 0.1) is 6.92 Å². The number of benzene rings is 2. The van der Waals surface area contributed by atoms with Crippen molar-refractivity contribution in [2.45, 2.75) is 13.5 Å². The van der Waals surface area contributed by atoms with Crippen LogP contribution in [0.2, 0.25) is 0 Å². The lowest BCUT2D eigenvalue weighted by Crippen LogP contribution is -2.34. The molecule has 3 aromatic rings. The van der Waals surface area contributed by atoms with Crippen LogP contribution in [-0.2, 0) is 6.54 Å². The maximum atomic E-state index is 12.2. The van der Waals surface area contributed by atoms with Gasteiger partial charge in [-0.05, 0) is 48.9 Å². The van der Waals surface area contributed by atoms with Crippen LogP contribution < -0.4 is 27.2 Å². The SMILES string of the molecule is Cc1cc(NNC(=O)Nc2ccc(CNC(=O)c3ccc(Br)cc3)cc2)nc(N)n1. The van der Waals surface area contributed by atoms with Crippen molar-refractivity contribution in [3.63, 3.8) is 0 Å². The van der Waals surface area contributed by atoms with Crippen molar-refractivity contribution >= 4 is 45.3 Å². The van der Waals surface area contributed by atoms with Crippen LogP contribution in [-0.4, -0.2) is 21.9 Å². The number of hydrogen-bond acceptors (Lipinski definition) is 6. The Morgan fingerprint density at radius 3 is 2.40 bits per heavy atom. The standard InChI is InChI=1S/C20H20BrN7O2/c1-12-10-17(26-19(22)24-12)27-28-20(30)25-16-8-2-13(3-9-16)11-23-18(29)14-4-6-15(21)7-5-14/h2-10H,11H2,1H3,(H,23,29)(H2,25,28,30)(H3,22,24,26,27). The summed E-state index contributed by atoms with van der Waals surface area (Å²) in [6.07, 6.45) is 0. The summed E-state index contributed by atoms with van der Waals surface area (Å²) >= 11 is 3.34. The molecule has 154 valence electrons. The molecule has 0 atom stereocenters. The van der Waals surface area contributed by atoms with Gasteiger partial charge in [-0.25, -0.2) is 9.78 Å². The Kier molecular flexibility index (Phi) is 6.81. The molecule has 9 nitrogen and oxygen atoms in total. The molecule has 2 aromatic carbocycles. The van der Waals surface area contributed by atoms with Gasteiger partial charge in [0.05, 0.1) is 0 Å². The fourth-order valence-corrected chi connectivity index (χ4v) is 2.79. The van der Waals surface area contributed by atoms with Crippen molar-refractivity contribution in [1.82, 2.24) is 20.7 Å². The molecule has 6 N–H and O–H groups in total. The monoisotopic (exact) mass is 469 g/mol. The Hall–Kier alpha value is -3.66. The van der Waals surface area contributed by atoms with Crippen molar-refractivity contribution in [1.29, 1.82) is 0 Å². The van der Waals surface area contributed by atoms with Crippen LogP contribution in [0.15, 0.2) is 59.1 Å². The van der Waals surface area contributed by atoms with Gasteiger partial charge in [-0.3, -0.25) is 15.6 Å². The molecule has 0 saturated carbocycles. The first-order chi connectivity index (χ1) is 14.4. The minimum Gasteiger partial charge on any atom is -0.368 e. The van der Waals surface area contributed by atoms with E-state index in [4.69, 9.17) is 5.73 Å². The number of carbonyl (C=O) groups is 2. The second-order valence-corrected chi connectivity index (χ2v) is 7.26. The zero-order valence-corrected chi connectivity index (χ0v) is 17.7. The predicted octanol–water partition coefficient (Wildman–Crippen LogP) is 3.21. The molecule has 3 rings (SSSR count). The van der Waals surface area contributed by atoms with Gasteiger partial charge in [-0.15, -0.1) is 0 Å². The molecule has 3 amide bonds. The van der Waals surface area contributed by atoms with Gasteiger partial charge in [0.2, 0.25) is 5.95 Å². The number of rotatable bonds is 6. The average Bonchev–Trinajstić information content (AvgIpc) is 2.71. The number of urea groups is 1. The summed E-state index contributed by atoms with van der Waals surface area (Å²) in [5.41, 5.74) is 13.5. The van der Waals surface area contributed by atoms with Gasteiger partial charge in [0.1, 0.15) is 5.82 Å². The highest BCUT2D eigenvalue weighted by molar-refractivity contribution is 9.10. The van der Waals surface area contributed by atoms with Crippen molar-refractivity contribution in [2.24, 2.45) is 0 Å². The van der Waals surface area contributed by atoms with Crippen LogP contribution in [0.4, 0.5) is 22.2 Å². The topological polar surface area (TPSA) is 134 Å². The highest BCUT2D eigenvalue weighted by atomic mass is 79.9. The zero-order chi connectivity index (χ0) is 21.5. The van der Waals surface area contributed by atoms with E-state index in [1.165, 1.54) is 0 Å². The minimum absolute atomic E-state index is 0.113. The highest BCUT2D eigenvalue weighted by Gasteiger charge is 2.06. The molecule has 0 saturated heterocycles. The number of amides is 3. The van der Waals surface area contributed by atoms with E-state index >= 15 is 0 Å². The number of nitrogens with one attached hydrogen (secondary N) is 4. The first-order valence-electron chi connectivity index (χ1n) is 8.96. The van der Waals surface area contributed by atoms with E-state index in [1.807, 2.05) is 24.3 Å². The number of halogens is 1. The second kappa shape index (κ2) is 9.70. The third kappa shape index (κ3) is 6.17. The molecule has 30 heavy (non-hydrogen) atoms. The third-order valence-corrected chi connectivity index (χ3v) is 4.48. The summed E-state index contributed by atoms with van der Waals surface area (Å²) in [7, 11) is 0. The molecule has 1 heterocycles. The Morgan fingerprint density at radius 2 is 1.73 bits per heavy atom. The molecule has 0 aliphatic rings. The lowest BCUT2D eigenvalue weighted by Gasteiger charge is -2.11. The number of hydrazine groups is 1. The largest absolute Gasteiger partial charge is 0.368 e. The number of hydrogen-bond donors (Lipinski definition) is 5. The molecule has 0 fully saturated rings. The Morgan fingerprint density at radius 1 is 1.03 bits per heavy atom. The summed E-state index contributed by atoms with van der Waals surface area (Å²) < 4.78 is 0.914. The van der Waals surface area contributed by atoms with E-state index in [2.05, 4.69) is 47.4 Å². The molecular weight excluding hydrogens is 450 g/mol. The maximum Gasteiger partial charge on any atom is 0.337 e. The van der Waals surface area contributed by atoms with Gasteiger partial charge in [0, 0.05) is 34.0 Å². The van der Waals surface area contributed by atoms with Crippen molar-refractivity contribution in [3.05, 3.63) is 75.9 Å². The third-order valence-electron chi connectivity index (χ3n) is 3.95. The van der Waals surface area contributed by atoms with E-state index in [9.17, 15) is 9.59 Å². The second-order valence-electron chi connectivity index (χ2n) is 6.34. The van der Waals surface area contributed by atoms with E-state index in [0.29, 0.717) is 29.3 Å². The Labute approximate surface area is 181 Å². The van der Waals surface area contributed by atoms with E-state index in [0.717, 1.165) is 10.0 Å². The number of aromatic nitrogens is 2. The first kappa shape index (κ1) is 21.1. The smallest absolute Gasteiger partial charge is 0.337 e. The lowest BCUT2D eigenvalue weighted by atomic mass is 10.2. The van der Waals surface area contributed by atoms with Gasteiger partial charge < -0.3 is 16.4 Å². The molecular formula is C20H20BrN7O2. The first-order valence-corrected chi connectivity index (χ1v) is 9.75. The molecule has 10 heteroatoms. The fraction of sp³-hybridized carbons (Fsp3) is 0.100. The zero-order valence-electron chi connectivity index (χ0n) is 16.1. The molecule has 0 spiro atoms. The number of carbonyl (C=O) groups excluding carboxylic acids is 2. The van der Waals surface area contributed by atoms with Crippen molar-refractivity contribution < 1.29 is 9.59 Å². The molecule has 1 aromatic heterocycles. The summed E-state index contributed by atoms with van der Waals surface area (Å²) in [6, 6.07) is 15.4. The molecule has 0 bridgehead atoms. The van der Waals surface area contributed by atoms with Crippen LogP contribution in [0.1, 0.15) is 21.6 Å². The fourth-order valence-electron chi connectivity index (χ4n) is 2.53. The van der Waals surface area contributed by atoms with Gasteiger partial charge in [0.15, 0.2) is 0 Å². The normalized spacial score (nSPS) is 10.2. The Bertz CT molecular complexity index is 1020. The van der Waals surface area contributed by atoms with Crippen molar-refractivity contribution in [3.8, 4) is 0 Å². The summed E-state index contributed by atoms with van der Waals surface area (Å²) in [5, 5.41) is 5.54. The number of nitrogen functional groups attached to an aromatic ring is 1. The van der Waals surface area contributed by atoms with Gasteiger partial charge >= 0.3 is 6.03 Å². The van der Waals surface area contributed by atoms with Gasteiger partial charge in [-0.2, -0.15) is 4.98 Å². The van der Waals surface area contributed by atoms with Crippen LogP contribution in [0.5, 0.6) is 0 Å². The predicted molar refractivity (Wildman–Crippen MR) is 119 cm³/mol. The van der Waals surface area contributed by atoms with Crippen LogP contribution in [0.3, 0.4) is 0 Å². The average molecular weight is 470 g/mol. The number of aryl methyl sites for hydroxylation is 1. The maximum absolute atomic E-state index is 12.2. The number of nitrogens with two attached hydrogens (primary N) is 1. The molecule has 0 aliphatic carbocycles. The Balaban J connectivity index is 1.47. The summed E-state index contributed by atoms with van der Waals surface area (Å²) in [5.74, 6) is 0.338. The molecule has 0 aliphatic heterocycles.